The second kappa shape index (κ2) is 4.07. The van der Waals surface area contributed by atoms with Crippen molar-refractivity contribution in [3.8, 4) is 5.69 Å². The second-order valence-electron chi connectivity index (χ2n) is 3.65. The van der Waals surface area contributed by atoms with E-state index in [0.29, 0.717) is 5.88 Å². The van der Waals surface area contributed by atoms with Crippen molar-refractivity contribution < 1.29 is 0 Å². The molecular weight excluding hydrogens is 208 g/mol. The second-order valence-corrected chi connectivity index (χ2v) is 3.91. The molecular formula is C12H13ClN2. The zero-order valence-corrected chi connectivity index (χ0v) is 9.62. The summed E-state index contributed by atoms with van der Waals surface area (Å²) >= 11 is 5.81. The van der Waals surface area contributed by atoms with Crippen LogP contribution in [-0.4, -0.2) is 9.78 Å². The molecule has 0 saturated carbocycles. The third-order valence-electron chi connectivity index (χ3n) is 2.46. The van der Waals surface area contributed by atoms with Gasteiger partial charge in [0.05, 0.1) is 11.4 Å². The molecule has 0 amide bonds. The van der Waals surface area contributed by atoms with Crippen LogP contribution in [0.3, 0.4) is 0 Å². The van der Waals surface area contributed by atoms with Gasteiger partial charge in [0.15, 0.2) is 0 Å². The average Bonchev–Trinajstić information content (AvgIpc) is 2.65. The van der Waals surface area contributed by atoms with Crippen molar-refractivity contribution in [1.29, 1.82) is 0 Å². The highest BCUT2D eigenvalue weighted by Crippen LogP contribution is 2.16. The summed E-state index contributed by atoms with van der Waals surface area (Å²) in [5.74, 6) is 0.560. The number of hydrogen-bond donors (Lipinski definition) is 0. The Morgan fingerprint density at radius 2 is 2.07 bits per heavy atom. The summed E-state index contributed by atoms with van der Waals surface area (Å²) in [5.41, 5.74) is 4.48. The Labute approximate surface area is 94.5 Å². The van der Waals surface area contributed by atoms with Gasteiger partial charge < -0.3 is 0 Å². The molecule has 0 N–H and O–H groups in total. The monoisotopic (exact) mass is 220 g/mol. The Kier molecular flexibility index (Phi) is 2.78. The maximum atomic E-state index is 5.81. The Balaban J connectivity index is 2.42. The maximum Gasteiger partial charge on any atom is 0.0648 e. The summed E-state index contributed by atoms with van der Waals surface area (Å²) in [6.45, 7) is 4.05. The minimum atomic E-state index is 0.560. The van der Waals surface area contributed by atoms with Gasteiger partial charge in [-0.15, -0.1) is 11.6 Å². The average molecular weight is 221 g/mol. The maximum absolute atomic E-state index is 5.81. The summed E-state index contributed by atoms with van der Waals surface area (Å²) < 4.78 is 1.88. The van der Waals surface area contributed by atoms with Gasteiger partial charge in [-0.3, -0.25) is 0 Å². The van der Waals surface area contributed by atoms with Gasteiger partial charge in [-0.25, -0.2) is 4.68 Å². The van der Waals surface area contributed by atoms with Crippen molar-refractivity contribution >= 4 is 11.6 Å². The Hall–Kier alpha value is -1.28. The van der Waals surface area contributed by atoms with Gasteiger partial charge in [0, 0.05) is 12.1 Å². The third-order valence-corrected chi connectivity index (χ3v) is 2.75. The van der Waals surface area contributed by atoms with E-state index in [2.05, 4.69) is 24.2 Å². The SMILES string of the molecule is Cc1ccn(-c2ccc(CCl)c(C)c2)n1. The highest BCUT2D eigenvalue weighted by molar-refractivity contribution is 6.17. The van der Waals surface area contributed by atoms with Crippen LogP contribution in [0.5, 0.6) is 0 Å². The number of hydrogen-bond acceptors (Lipinski definition) is 1. The Bertz CT molecular complexity index is 474. The first-order valence-electron chi connectivity index (χ1n) is 4.89. The molecule has 0 aliphatic rings. The van der Waals surface area contributed by atoms with E-state index in [9.17, 15) is 0 Å². The fourth-order valence-electron chi connectivity index (χ4n) is 1.53. The fraction of sp³-hybridized carbons (Fsp3) is 0.250. The molecule has 2 rings (SSSR count). The quantitative estimate of drug-likeness (QED) is 0.711. The Morgan fingerprint density at radius 1 is 1.27 bits per heavy atom. The number of nitrogens with zero attached hydrogens (tertiary/aromatic N) is 2. The number of alkyl halides is 1. The predicted molar refractivity (Wildman–Crippen MR) is 62.6 cm³/mol. The summed E-state index contributed by atoms with van der Waals surface area (Å²) in [7, 11) is 0. The number of rotatable bonds is 2. The van der Waals surface area contributed by atoms with Gasteiger partial charge in [0.25, 0.3) is 0 Å². The molecule has 78 valence electrons. The molecule has 2 aromatic rings. The van der Waals surface area contributed by atoms with Crippen LogP contribution in [0, 0.1) is 13.8 Å². The fourth-order valence-corrected chi connectivity index (χ4v) is 1.83. The summed E-state index contributed by atoms with van der Waals surface area (Å²) in [4.78, 5) is 0. The van der Waals surface area contributed by atoms with Gasteiger partial charge in [0.2, 0.25) is 0 Å². The number of aromatic nitrogens is 2. The molecule has 0 radical (unpaired) electrons. The van der Waals surface area contributed by atoms with Crippen molar-refractivity contribution in [3.63, 3.8) is 0 Å². The first-order chi connectivity index (χ1) is 7.20. The minimum absolute atomic E-state index is 0.560. The van der Waals surface area contributed by atoms with Crippen molar-refractivity contribution in [1.82, 2.24) is 9.78 Å². The topological polar surface area (TPSA) is 17.8 Å². The van der Waals surface area contributed by atoms with Crippen molar-refractivity contribution in [3.05, 3.63) is 47.3 Å². The molecule has 1 aromatic carbocycles. The zero-order chi connectivity index (χ0) is 10.8. The molecule has 0 spiro atoms. The van der Waals surface area contributed by atoms with Gasteiger partial charge in [-0.2, -0.15) is 5.10 Å². The minimum Gasteiger partial charge on any atom is -0.241 e. The van der Waals surface area contributed by atoms with E-state index in [4.69, 9.17) is 11.6 Å². The third kappa shape index (κ3) is 2.05. The number of halogens is 1. The smallest absolute Gasteiger partial charge is 0.0648 e. The van der Waals surface area contributed by atoms with E-state index < -0.39 is 0 Å². The van der Waals surface area contributed by atoms with Crippen LogP contribution in [0.2, 0.25) is 0 Å². The lowest BCUT2D eigenvalue weighted by Crippen LogP contribution is -1.96. The molecule has 0 saturated heterocycles. The molecule has 0 aliphatic heterocycles. The molecule has 0 aliphatic carbocycles. The Morgan fingerprint density at radius 3 is 2.60 bits per heavy atom. The van der Waals surface area contributed by atoms with E-state index in [1.807, 2.05) is 29.9 Å². The van der Waals surface area contributed by atoms with E-state index >= 15 is 0 Å². The highest BCUT2D eigenvalue weighted by atomic mass is 35.5. The van der Waals surface area contributed by atoms with Crippen molar-refractivity contribution in [2.45, 2.75) is 19.7 Å². The van der Waals surface area contributed by atoms with E-state index in [1.54, 1.807) is 0 Å². The summed E-state index contributed by atoms with van der Waals surface area (Å²) in [6.07, 6.45) is 1.96. The van der Waals surface area contributed by atoms with Gasteiger partial charge in [-0.1, -0.05) is 6.07 Å². The molecule has 0 atom stereocenters. The molecule has 3 heteroatoms. The van der Waals surface area contributed by atoms with Crippen LogP contribution < -0.4 is 0 Å². The number of aryl methyl sites for hydroxylation is 2. The van der Waals surface area contributed by atoms with Crippen LogP contribution in [0.25, 0.3) is 5.69 Å². The highest BCUT2D eigenvalue weighted by Gasteiger charge is 2.01. The van der Waals surface area contributed by atoms with Crippen LogP contribution in [0.15, 0.2) is 30.5 Å². The molecule has 15 heavy (non-hydrogen) atoms. The lowest BCUT2D eigenvalue weighted by atomic mass is 10.1. The van der Waals surface area contributed by atoms with Crippen LogP contribution >= 0.6 is 11.6 Å². The lowest BCUT2D eigenvalue weighted by molar-refractivity contribution is 0.860. The van der Waals surface area contributed by atoms with Crippen LogP contribution in [0.1, 0.15) is 16.8 Å². The lowest BCUT2D eigenvalue weighted by Gasteiger charge is -2.06. The zero-order valence-electron chi connectivity index (χ0n) is 8.87. The molecule has 1 heterocycles. The van der Waals surface area contributed by atoms with Crippen LogP contribution in [0.4, 0.5) is 0 Å². The predicted octanol–water partition coefficient (Wildman–Crippen LogP) is 3.23. The summed E-state index contributed by atoms with van der Waals surface area (Å²) in [6, 6.07) is 8.18. The van der Waals surface area contributed by atoms with E-state index in [0.717, 1.165) is 11.4 Å². The van der Waals surface area contributed by atoms with Gasteiger partial charge in [0.1, 0.15) is 0 Å². The molecule has 0 bridgehead atoms. The van der Waals surface area contributed by atoms with Crippen molar-refractivity contribution in [2.24, 2.45) is 0 Å². The first-order valence-corrected chi connectivity index (χ1v) is 5.42. The van der Waals surface area contributed by atoms with Crippen molar-refractivity contribution in [2.75, 3.05) is 0 Å². The van der Waals surface area contributed by atoms with Crippen LogP contribution in [-0.2, 0) is 5.88 Å². The number of benzene rings is 1. The van der Waals surface area contributed by atoms with Gasteiger partial charge in [-0.05, 0) is 43.2 Å². The van der Waals surface area contributed by atoms with E-state index in [-0.39, 0.29) is 0 Å². The largest absolute Gasteiger partial charge is 0.241 e. The normalized spacial score (nSPS) is 10.6. The first kappa shape index (κ1) is 10.2. The van der Waals surface area contributed by atoms with E-state index in [1.165, 1.54) is 11.1 Å². The molecule has 2 nitrogen and oxygen atoms in total. The molecule has 0 fully saturated rings. The molecule has 1 aromatic heterocycles. The standard InChI is InChI=1S/C12H13ClN2/c1-9-7-12(4-3-11(9)8-13)15-6-5-10(2)14-15/h3-7H,8H2,1-2H3. The summed E-state index contributed by atoms with van der Waals surface area (Å²) in [5, 5.41) is 4.36. The molecule has 0 unspecified atom stereocenters. The van der Waals surface area contributed by atoms with Gasteiger partial charge >= 0.3 is 0 Å².